The lowest BCUT2D eigenvalue weighted by Gasteiger charge is -2.30. The van der Waals surface area contributed by atoms with E-state index in [2.05, 4.69) is 13.0 Å². The molecule has 2 aromatic rings. The number of halogens is 3. The van der Waals surface area contributed by atoms with Crippen LogP contribution in [0.5, 0.6) is 0 Å². The maximum Gasteiger partial charge on any atom is 0.159 e. The van der Waals surface area contributed by atoms with Gasteiger partial charge in [-0.2, -0.15) is 0 Å². The summed E-state index contributed by atoms with van der Waals surface area (Å²) in [5.41, 5.74) is 3.54. The molecule has 1 fully saturated rings. The fourth-order valence-electron chi connectivity index (χ4n) is 5.79. The van der Waals surface area contributed by atoms with E-state index in [0.717, 1.165) is 34.6 Å². The molecular weight excluding hydrogens is 393 g/mol. The van der Waals surface area contributed by atoms with E-state index in [1.165, 1.54) is 69.9 Å². The third-order valence-electron chi connectivity index (χ3n) is 7.72. The number of aryl methyl sites for hydroxylation is 1. The second kappa shape index (κ2) is 10.2. The molecule has 0 radical (unpaired) electrons. The number of benzene rings is 2. The third kappa shape index (κ3) is 5.35. The van der Waals surface area contributed by atoms with Crippen molar-refractivity contribution in [1.82, 2.24) is 0 Å². The van der Waals surface area contributed by atoms with Gasteiger partial charge in [-0.25, -0.2) is 13.2 Å². The van der Waals surface area contributed by atoms with Gasteiger partial charge in [0.25, 0.3) is 0 Å². The Morgan fingerprint density at radius 3 is 2.19 bits per heavy atom. The van der Waals surface area contributed by atoms with Crippen molar-refractivity contribution in [2.45, 2.75) is 95.8 Å². The predicted molar refractivity (Wildman–Crippen MR) is 121 cm³/mol. The van der Waals surface area contributed by atoms with Crippen LogP contribution in [0.4, 0.5) is 13.2 Å². The Kier molecular flexibility index (Phi) is 7.40. The van der Waals surface area contributed by atoms with E-state index < -0.39 is 11.6 Å². The van der Waals surface area contributed by atoms with Crippen molar-refractivity contribution in [3.63, 3.8) is 0 Å². The Morgan fingerprint density at radius 1 is 0.742 bits per heavy atom. The van der Waals surface area contributed by atoms with Crippen molar-refractivity contribution in [3.05, 3.63) is 70.0 Å². The number of rotatable bonds is 7. The summed E-state index contributed by atoms with van der Waals surface area (Å²) in [5, 5.41) is 0. The smallest absolute Gasteiger partial charge is 0.159 e. The van der Waals surface area contributed by atoms with Crippen molar-refractivity contribution < 1.29 is 13.2 Å². The van der Waals surface area contributed by atoms with Gasteiger partial charge in [0.2, 0.25) is 0 Å². The minimum Gasteiger partial charge on any atom is -0.207 e. The van der Waals surface area contributed by atoms with Gasteiger partial charge < -0.3 is 0 Å². The topological polar surface area (TPSA) is 0 Å². The molecule has 0 bridgehead atoms. The zero-order valence-corrected chi connectivity index (χ0v) is 18.7. The standard InChI is InChI=1S/C28H35F3/c1-2-3-4-5-6-19-7-9-20(10-8-19)21-13-14-25(26(29)16-21)23-12-11-22-17-27(30)28(31)18-24(22)15-23/h13-14,16-20,23H,2-12,15H2,1H3. The minimum absolute atomic E-state index is 0.0327. The SMILES string of the molecule is CCCCCCC1CCC(c2ccc(C3CCc4cc(F)c(F)cc4C3)c(F)c2)CC1. The summed E-state index contributed by atoms with van der Waals surface area (Å²) in [6, 6.07) is 8.43. The van der Waals surface area contributed by atoms with Crippen molar-refractivity contribution in [1.29, 1.82) is 0 Å². The molecule has 0 nitrogen and oxygen atoms in total. The second-order valence-electron chi connectivity index (χ2n) is 9.82. The van der Waals surface area contributed by atoms with Crippen LogP contribution in [0.25, 0.3) is 0 Å². The van der Waals surface area contributed by atoms with Gasteiger partial charge in [-0.15, -0.1) is 0 Å². The minimum atomic E-state index is -0.809. The van der Waals surface area contributed by atoms with E-state index in [9.17, 15) is 8.78 Å². The van der Waals surface area contributed by atoms with Gasteiger partial charge in [-0.05, 0) is 103 Å². The first-order valence-corrected chi connectivity index (χ1v) is 12.3. The van der Waals surface area contributed by atoms with Crippen LogP contribution in [-0.2, 0) is 12.8 Å². The van der Waals surface area contributed by atoms with E-state index in [1.807, 2.05) is 6.07 Å². The van der Waals surface area contributed by atoms with Crippen molar-refractivity contribution in [2.75, 3.05) is 0 Å². The molecule has 168 valence electrons. The Morgan fingerprint density at radius 2 is 1.48 bits per heavy atom. The molecule has 1 saturated carbocycles. The number of hydrogen-bond acceptors (Lipinski definition) is 0. The van der Waals surface area contributed by atoms with Crippen LogP contribution in [0.15, 0.2) is 30.3 Å². The van der Waals surface area contributed by atoms with Crippen LogP contribution < -0.4 is 0 Å². The Labute approximate surface area is 185 Å². The van der Waals surface area contributed by atoms with Crippen LogP contribution in [0.3, 0.4) is 0 Å². The summed E-state index contributed by atoms with van der Waals surface area (Å²) in [6.07, 6.45) is 13.6. The largest absolute Gasteiger partial charge is 0.207 e. The molecule has 0 spiro atoms. The lowest BCUT2D eigenvalue weighted by atomic mass is 9.76. The average Bonchev–Trinajstić information content (AvgIpc) is 2.78. The molecule has 2 aliphatic carbocycles. The van der Waals surface area contributed by atoms with E-state index >= 15 is 4.39 Å². The molecule has 4 rings (SSSR count). The molecule has 2 aromatic carbocycles. The van der Waals surface area contributed by atoms with Gasteiger partial charge in [-0.3, -0.25) is 0 Å². The molecule has 31 heavy (non-hydrogen) atoms. The summed E-state index contributed by atoms with van der Waals surface area (Å²) in [6.45, 7) is 2.25. The van der Waals surface area contributed by atoms with Crippen LogP contribution in [-0.4, -0.2) is 0 Å². The van der Waals surface area contributed by atoms with Crippen molar-refractivity contribution in [3.8, 4) is 0 Å². The van der Waals surface area contributed by atoms with Crippen LogP contribution in [0.2, 0.25) is 0 Å². The summed E-state index contributed by atoms with van der Waals surface area (Å²) < 4.78 is 42.2. The number of fused-ring (bicyclic) bond motifs is 1. The molecule has 0 N–H and O–H groups in total. The molecule has 0 amide bonds. The summed E-state index contributed by atoms with van der Waals surface area (Å²) in [7, 11) is 0. The normalized spacial score (nSPS) is 23.5. The molecule has 2 aliphatic rings. The Bertz CT molecular complexity index is 880. The highest BCUT2D eigenvalue weighted by atomic mass is 19.2. The van der Waals surface area contributed by atoms with Crippen molar-refractivity contribution in [2.24, 2.45) is 5.92 Å². The van der Waals surface area contributed by atoms with E-state index in [0.29, 0.717) is 18.8 Å². The fourth-order valence-corrected chi connectivity index (χ4v) is 5.79. The van der Waals surface area contributed by atoms with Gasteiger partial charge in [0, 0.05) is 0 Å². The van der Waals surface area contributed by atoms with Crippen LogP contribution in [0, 0.1) is 23.4 Å². The molecular formula is C28H35F3. The Balaban J connectivity index is 1.36. The van der Waals surface area contributed by atoms with Gasteiger partial charge in [-0.1, -0.05) is 51.2 Å². The average molecular weight is 429 g/mol. The monoisotopic (exact) mass is 428 g/mol. The van der Waals surface area contributed by atoms with Crippen LogP contribution in [0.1, 0.15) is 105 Å². The third-order valence-corrected chi connectivity index (χ3v) is 7.72. The van der Waals surface area contributed by atoms with Gasteiger partial charge in [0.15, 0.2) is 11.6 Å². The molecule has 0 saturated heterocycles. The molecule has 0 aromatic heterocycles. The second-order valence-corrected chi connectivity index (χ2v) is 9.82. The molecule has 0 aliphatic heterocycles. The highest BCUT2D eigenvalue weighted by Gasteiger charge is 2.26. The van der Waals surface area contributed by atoms with Crippen LogP contribution >= 0.6 is 0 Å². The zero-order chi connectivity index (χ0) is 21.8. The first kappa shape index (κ1) is 22.4. The first-order chi connectivity index (χ1) is 15.0. The first-order valence-electron chi connectivity index (χ1n) is 12.3. The summed E-state index contributed by atoms with van der Waals surface area (Å²) >= 11 is 0. The van der Waals surface area contributed by atoms with Gasteiger partial charge in [0.1, 0.15) is 5.82 Å². The van der Waals surface area contributed by atoms with Crippen molar-refractivity contribution >= 4 is 0 Å². The van der Waals surface area contributed by atoms with Gasteiger partial charge in [0.05, 0.1) is 0 Å². The quantitative estimate of drug-likeness (QED) is 0.387. The molecule has 3 heteroatoms. The van der Waals surface area contributed by atoms with E-state index in [4.69, 9.17) is 0 Å². The van der Waals surface area contributed by atoms with Gasteiger partial charge >= 0.3 is 0 Å². The maximum absolute atomic E-state index is 15.1. The lowest BCUT2D eigenvalue weighted by Crippen LogP contribution is -2.16. The lowest BCUT2D eigenvalue weighted by molar-refractivity contribution is 0.301. The summed E-state index contributed by atoms with van der Waals surface area (Å²) in [4.78, 5) is 0. The van der Waals surface area contributed by atoms with E-state index in [1.54, 1.807) is 6.07 Å². The highest BCUT2D eigenvalue weighted by molar-refractivity contribution is 5.37. The number of hydrogen-bond donors (Lipinski definition) is 0. The van der Waals surface area contributed by atoms with E-state index in [-0.39, 0.29) is 11.7 Å². The Hall–Kier alpha value is -1.77. The molecule has 1 unspecified atom stereocenters. The maximum atomic E-state index is 15.1. The molecule has 0 heterocycles. The zero-order valence-electron chi connectivity index (χ0n) is 18.7. The highest BCUT2D eigenvalue weighted by Crippen LogP contribution is 2.40. The fraction of sp³-hybridized carbons (Fsp3) is 0.571. The molecule has 1 atom stereocenters. The number of unbranched alkanes of at least 4 members (excludes halogenated alkanes) is 3. The summed E-state index contributed by atoms with van der Waals surface area (Å²) in [5.74, 6) is -0.371. The predicted octanol–water partition coefficient (Wildman–Crippen LogP) is 8.62.